The number of hydrogen-bond donors (Lipinski definition) is 0. The van der Waals surface area contributed by atoms with Crippen molar-refractivity contribution in [1.82, 2.24) is 0 Å². The molecule has 0 amide bonds. The third-order valence-corrected chi connectivity index (χ3v) is 5.38. The zero-order valence-corrected chi connectivity index (χ0v) is 13.3. The molecule has 3 nitrogen and oxygen atoms in total. The lowest BCUT2D eigenvalue weighted by molar-refractivity contribution is 0.102. The lowest BCUT2D eigenvalue weighted by Crippen LogP contribution is -2.09. The Morgan fingerprint density at radius 3 is 2.79 bits per heavy atom. The summed E-state index contributed by atoms with van der Waals surface area (Å²) >= 11 is 4.65. The molecule has 0 radical (unpaired) electrons. The van der Waals surface area contributed by atoms with Gasteiger partial charge in [-0.1, -0.05) is 6.07 Å². The maximum absolute atomic E-state index is 12.1. The summed E-state index contributed by atoms with van der Waals surface area (Å²) < 4.78 is 18.1. The number of hydrogen-bond acceptors (Lipinski definition) is 4. The standard InChI is InChI=1S/C13H11BrO3S2/c1-17-9-3-2-4-10(7-9)19(16)8-11(15)12-5-6-13(14)18-12/h2-7H,8H2,1H3. The van der Waals surface area contributed by atoms with Crippen LogP contribution in [0.4, 0.5) is 0 Å². The minimum Gasteiger partial charge on any atom is -0.497 e. The van der Waals surface area contributed by atoms with Crippen molar-refractivity contribution in [1.29, 1.82) is 0 Å². The van der Waals surface area contributed by atoms with Gasteiger partial charge in [0.15, 0.2) is 5.78 Å². The first-order chi connectivity index (χ1) is 9.10. The molecule has 0 N–H and O–H groups in total. The number of ether oxygens (including phenoxy) is 1. The summed E-state index contributed by atoms with van der Waals surface area (Å²) in [5.41, 5.74) is 0. The summed E-state index contributed by atoms with van der Waals surface area (Å²) in [6.07, 6.45) is 0. The zero-order valence-electron chi connectivity index (χ0n) is 10.1. The van der Waals surface area contributed by atoms with Gasteiger partial charge >= 0.3 is 0 Å². The summed E-state index contributed by atoms with van der Waals surface area (Å²) in [6.45, 7) is 0. The molecule has 0 spiro atoms. The van der Waals surface area contributed by atoms with E-state index in [2.05, 4.69) is 15.9 Å². The van der Waals surface area contributed by atoms with Crippen LogP contribution in [0.5, 0.6) is 5.75 Å². The lowest BCUT2D eigenvalue weighted by Gasteiger charge is -2.03. The van der Waals surface area contributed by atoms with Crippen molar-refractivity contribution in [2.45, 2.75) is 4.90 Å². The average molecular weight is 359 g/mol. The molecule has 0 aliphatic heterocycles. The van der Waals surface area contributed by atoms with Crippen molar-refractivity contribution < 1.29 is 13.7 Å². The van der Waals surface area contributed by atoms with Gasteiger partial charge in [-0.05, 0) is 46.3 Å². The highest BCUT2D eigenvalue weighted by Crippen LogP contribution is 2.23. The van der Waals surface area contributed by atoms with Crippen LogP contribution in [0.3, 0.4) is 0 Å². The van der Waals surface area contributed by atoms with E-state index in [4.69, 9.17) is 4.74 Å². The van der Waals surface area contributed by atoms with Crippen LogP contribution < -0.4 is 4.74 Å². The van der Waals surface area contributed by atoms with Crippen molar-refractivity contribution in [3.05, 3.63) is 45.1 Å². The number of carbonyl (C=O) groups is 1. The SMILES string of the molecule is COc1cccc(S(=O)CC(=O)c2ccc(Br)s2)c1. The smallest absolute Gasteiger partial charge is 0.185 e. The fraction of sp³-hybridized carbons (Fsp3) is 0.154. The molecule has 6 heteroatoms. The number of thiophene rings is 1. The van der Waals surface area contributed by atoms with E-state index in [-0.39, 0.29) is 11.5 Å². The summed E-state index contributed by atoms with van der Waals surface area (Å²) in [4.78, 5) is 13.2. The quantitative estimate of drug-likeness (QED) is 0.768. The molecule has 19 heavy (non-hydrogen) atoms. The van der Waals surface area contributed by atoms with Crippen LogP contribution >= 0.6 is 27.3 Å². The molecule has 100 valence electrons. The Hall–Kier alpha value is -0.980. The van der Waals surface area contributed by atoms with Crippen LogP contribution in [0, 0.1) is 0 Å². The molecule has 0 saturated heterocycles. The van der Waals surface area contributed by atoms with Gasteiger partial charge in [0, 0.05) is 4.90 Å². The highest BCUT2D eigenvalue weighted by atomic mass is 79.9. The summed E-state index contributed by atoms with van der Waals surface area (Å²) in [5.74, 6) is 0.508. The van der Waals surface area contributed by atoms with Gasteiger partial charge in [0.1, 0.15) is 5.75 Å². The second-order valence-corrected chi connectivity index (χ2v) is 7.61. The van der Waals surface area contributed by atoms with Crippen molar-refractivity contribution in [2.24, 2.45) is 0 Å². The first-order valence-electron chi connectivity index (χ1n) is 5.41. The van der Waals surface area contributed by atoms with Crippen molar-refractivity contribution >= 4 is 43.8 Å². The van der Waals surface area contributed by atoms with Crippen LogP contribution in [0.25, 0.3) is 0 Å². The van der Waals surface area contributed by atoms with Gasteiger partial charge in [0.05, 0.1) is 32.3 Å². The molecule has 2 rings (SSSR count). The molecule has 2 aromatic rings. The van der Waals surface area contributed by atoms with Crippen LogP contribution in [-0.2, 0) is 10.8 Å². The van der Waals surface area contributed by atoms with E-state index in [0.29, 0.717) is 15.5 Å². The fourth-order valence-corrected chi connectivity index (χ4v) is 3.93. The molecule has 1 heterocycles. The van der Waals surface area contributed by atoms with Gasteiger partial charge in [-0.3, -0.25) is 9.00 Å². The van der Waals surface area contributed by atoms with E-state index in [1.807, 2.05) is 6.07 Å². The maximum atomic E-state index is 12.1. The molecule has 0 aliphatic rings. The largest absolute Gasteiger partial charge is 0.497 e. The second kappa shape index (κ2) is 6.45. The number of ketones is 1. The minimum absolute atomic E-state index is 0.0138. The number of Topliss-reactive ketones (excluding diaryl/α,β-unsaturated/α-hetero) is 1. The molecular weight excluding hydrogens is 348 g/mol. The van der Waals surface area contributed by atoms with Crippen molar-refractivity contribution in [3.8, 4) is 5.75 Å². The molecule has 0 aliphatic carbocycles. The first-order valence-corrected chi connectivity index (χ1v) is 8.34. The Morgan fingerprint density at radius 1 is 1.37 bits per heavy atom. The summed E-state index contributed by atoms with van der Waals surface area (Å²) in [6, 6.07) is 10.5. The molecule has 0 saturated carbocycles. The molecule has 1 unspecified atom stereocenters. The zero-order chi connectivity index (χ0) is 13.8. The number of rotatable bonds is 5. The Balaban J connectivity index is 2.10. The number of halogens is 1. The predicted octanol–water partition coefficient (Wildman–Crippen LogP) is 3.51. The van der Waals surface area contributed by atoms with E-state index in [1.165, 1.54) is 11.3 Å². The van der Waals surface area contributed by atoms with Crippen molar-refractivity contribution in [3.63, 3.8) is 0 Å². The predicted molar refractivity (Wildman–Crippen MR) is 80.6 cm³/mol. The molecule has 1 atom stereocenters. The third kappa shape index (κ3) is 3.75. The highest BCUT2D eigenvalue weighted by Gasteiger charge is 2.14. The van der Waals surface area contributed by atoms with E-state index in [1.54, 1.807) is 37.4 Å². The Morgan fingerprint density at radius 2 is 2.16 bits per heavy atom. The van der Waals surface area contributed by atoms with Crippen LogP contribution in [0.2, 0.25) is 0 Å². The number of methoxy groups -OCH3 is 1. The van der Waals surface area contributed by atoms with Crippen LogP contribution in [-0.4, -0.2) is 22.9 Å². The average Bonchev–Trinajstić information content (AvgIpc) is 2.85. The Bertz CT molecular complexity index is 622. The third-order valence-electron chi connectivity index (χ3n) is 2.41. The van der Waals surface area contributed by atoms with Gasteiger partial charge < -0.3 is 4.74 Å². The van der Waals surface area contributed by atoms with Gasteiger partial charge in [0.25, 0.3) is 0 Å². The van der Waals surface area contributed by atoms with Gasteiger partial charge in [-0.25, -0.2) is 0 Å². The summed E-state index contributed by atoms with van der Waals surface area (Å²) in [5, 5.41) is 0. The van der Waals surface area contributed by atoms with E-state index in [9.17, 15) is 9.00 Å². The maximum Gasteiger partial charge on any atom is 0.185 e. The monoisotopic (exact) mass is 358 g/mol. The van der Waals surface area contributed by atoms with Gasteiger partial charge in [0.2, 0.25) is 0 Å². The number of benzene rings is 1. The normalized spacial score (nSPS) is 12.1. The van der Waals surface area contributed by atoms with Gasteiger partial charge in [-0.15, -0.1) is 11.3 Å². The molecule has 1 aromatic heterocycles. The lowest BCUT2D eigenvalue weighted by atomic mass is 10.3. The van der Waals surface area contributed by atoms with Crippen LogP contribution in [0.1, 0.15) is 9.67 Å². The van der Waals surface area contributed by atoms with E-state index in [0.717, 1.165) is 3.79 Å². The molecular formula is C13H11BrO3S2. The van der Waals surface area contributed by atoms with E-state index < -0.39 is 10.8 Å². The fourth-order valence-electron chi connectivity index (χ4n) is 1.48. The van der Waals surface area contributed by atoms with E-state index >= 15 is 0 Å². The van der Waals surface area contributed by atoms with Gasteiger partial charge in [-0.2, -0.15) is 0 Å². The molecule has 1 aromatic carbocycles. The Kier molecular flexibility index (Phi) is 4.90. The number of carbonyl (C=O) groups excluding carboxylic acids is 1. The summed E-state index contributed by atoms with van der Waals surface area (Å²) in [7, 11) is 0.197. The minimum atomic E-state index is -1.35. The first kappa shape index (κ1) is 14.4. The molecule has 0 fully saturated rings. The molecule has 0 bridgehead atoms. The van der Waals surface area contributed by atoms with Crippen LogP contribution in [0.15, 0.2) is 45.1 Å². The topological polar surface area (TPSA) is 43.4 Å². The highest BCUT2D eigenvalue weighted by molar-refractivity contribution is 9.11. The Labute approximate surface area is 126 Å². The van der Waals surface area contributed by atoms with Crippen molar-refractivity contribution in [2.75, 3.05) is 12.9 Å². The second-order valence-electron chi connectivity index (χ2n) is 3.70.